The Balaban J connectivity index is 2.70. The smallest absolute Gasteiger partial charge is 0.325 e. The zero-order chi connectivity index (χ0) is 14.5. The number of hydrogen-bond donors (Lipinski definition) is 2. The normalized spacial score (nSPS) is 34.3. The second kappa shape index (κ2) is 7.74. The molecule has 0 aromatic rings. The Morgan fingerprint density at radius 2 is 2.11 bits per heavy atom. The first-order chi connectivity index (χ1) is 8.89. The Labute approximate surface area is 114 Å². The van der Waals surface area contributed by atoms with E-state index >= 15 is 0 Å². The minimum atomic E-state index is -3.64. The van der Waals surface area contributed by atoms with Gasteiger partial charge in [0.05, 0.1) is 12.6 Å². The number of rotatable bonds is 8. The fraction of sp³-hybridized carbons (Fsp3) is 1.00. The summed E-state index contributed by atoms with van der Waals surface area (Å²) >= 11 is 0. The van der Waals surface area contributed by atoms with Gasteiger partial charge in [-0.3, -0.25) is 9.09 Å². The van der Waals surface area contributed by atoms with Crippen LogP contribution in [-0.2, 0) is 23.3 Å². The molecule has 1 fully saturated rings. The lowest BCUT2D eigenvalue weighted by molar-refractivity contribution is -0.0266. The van der Waals surface area contributed by atoms with Gasteiger partial charge in [-0.15, -0.1) is 0 Å². The fourth-order valence-electron chi connectivity index (χ4n) is 2.08. The molecule has 2 N–H and O–H groups in total. The molecule has 2 unspecified atom stereocenters. The standard InChI is InChI=1S/C10H22BO7P/c1-15-6-7-8(18-19(2,13)14)9(10(11)17-7)16-5-3-4-12/h7-10,12H,3-6,11H2,1-2H3,(H,13,14)/t7-,8+,9?,10-/m1/s1. The van der Waals surface area contributed by atoms with E-state index in [1.54, 1.807) is 0 Å². The summed E-state index contributed by atoms with van der Waals surface area (Å²) in [5.74, 6) is 0. The third kappa shape index (κ3) is 5.51. The molecule has 0 amide bonds. The lowest BCUT2D eigenvalue weighted by Crippen LogP contribution is -2.38. The van der Waals surface area contributed by atoms with E-state index in [1.807, 2.05) is 7.85 Å². The summed E-state index contributed by atoms with van der Waals surface area (Å²) in [7, 11) is -0.307. The summed E-state index contributed by atoms with van der Waals surface area (Å²) in [5, 5.41) is 8.75. The summed E-state index contributed by atoms with van der Waals surface area (Å²) in [6, 6.07) is -0.268. The SMILES string of the molecule is B[C@@H]1O[C@H](COC)[C@H](OP(C)(=O)O)C1OCCCO. The van der Waals surface area contributed by atoms with Gasteiger partial charge in [0.1, 0.15) is 26.2 Å². The molecule has 0 aromatic carbocycles. The predicted octanol–water partition coefficient (Wildman–Crippen LogP) is -1.04. The van der Waals surface area contributed by atoms with E-state index in [9.17, 15) is 9.46 Å². The van der Waals surface area contributed by atoms with Crippen LogP contribution in [0.2, 0.25) is 0 Å². The number of ether oxygens (including phenoxy) is 3. The molecule has 112 valence electrons. The molecule has 7 nitrogen and oxygen atoms in total. The Morgan fingerprint density at radius 3 is 2.63 bits per heavy atom. The van der Waals surface area contributed by atoms with E-state index in [2.05, 4.69) is 0 Å². The average molecular weight is 296 g/mol. The largest absolute Gasteiger partial charge is 0.396 e. The Morgan fingerprint density at radius 1 is 1.42 bits per heavy atom. The van der Waals surface area contributed by atoms with Crippen LogP contribution in [0.1, 0.15) is 6.42 Å². The Kier molecular flexibility index (Phi) is 6.97. The van der Waals surface area contributed by atoms with Crippen LogP contribution in [0.3, 0.4) is 0 Å². The lowest BCUT2D eigenvalue weighted by atomic mass is 9.93. The van der Waals surface area contributed by atoms with Crippen molar-refractivity contribution in [3.8, 4) is 0 Å². The molecule has 19 heavy (non-hydrogen) atoms. The monoisotopic (exact) mass is 296 g/mol. The van der Waals surface area contributed by atoms with Gasteiger partial charge in [-0.2, -0.15) is 0 Å². The summed E-state index contributed by atoms with van der Waals surface area (Å²) in [4.78, 5) is 9.38. The summed E-state index contributed by atoms with van der Waals surface area (Å²) in [6.45, 7) is 1.76. The van der Waals surface area contributed by atoms with Gasteiger partial charge in [-0.1, -0.05) is 0 Å². The maximum atomic E-state index is 11.4. The molecule has 1 rings (SSSR count). The van der Waals surface area contributed by atoms with Crippen molar-refractivity contribution in [1.82, 2.24) is 0 Å². The van der Waals surface area contributed by atoms with Gasteiger partial charge in [0.2, 0.25) is 0 Å². The molecule has 5 atom stereocenters. The van der Waals surface area contributed by atoms with E-state index in [-0.39, 0.29) is 19.2 Å². The first-order valence-corrected chi connectivity index (χ1v) is 8.27. The minimum Gasteiger partial charge on any atom is -0.396 e. The van der Waals surface area contributed by atoms with Gasteiger partial charge >= 0.3 is 7.60 Å². The zero-order valence-electron chi connectivity index (χ0n) is 11.5. The van der Waals surface area contributed by atoms with Crippen LogP contribution in [0.15, 0.2) is 0 Å². The van der Waals surface area contributed by atoms with Crippen molar-refractivity contribution in [1.29, 1.82) is 0 Å². The lowest BCUT2D eigenvalue weighted by Gasteiger charge is -2.25. The summed E-state index contributed by atoms with van der Waals surface area (Å²) < 4.78 is 32.9. The van der Waals surface area contributed by atoms with E-state index < -0.39 is 25.9 Å². The topological polar surface area (TPSA) is 94.5 Å². The van der Waals surface area contributed by atoms with Crippen LogP contribution in [0.5, 0.6) is 0 Å². The van der Waals surface area contributed by atoms with Crippen LogP contribution in [-0.4, -0.2) is 75.8 Å². The van der Waals surface area contributed by atoms with E-state index in [1.165, 1.54) is 7.11 Å². The van der Waals surface area contributed by atoms with Crippen LogP contribution in [0, 0.1) is 0 Å². The highest BCUT2D eigenvalue weighted by Crippen LogP contribution is 2.42. The predicted molar refractivity (Wildman–Crippen MR) is 71.1 cm³/mol. The van der Waals surface area contributed by atoms with Crippen LogP contribution < -0.4 is 0 Å². The molecule has 0 spiro atoms. The van der Waals surface area contributed by atoms with Crippen LogP contribution in [0.4, 0.5) is 0 Å². The van der Waals surface area contributed by atoms with E-state index in [0.29, 0.717) is 13.0 Å². The molecule has 1 saturated heterocycles. The van der Waals surface area contributed by atoms with E-state index in [0.717, 1.165) is 6.66 Å². The molecule has 0 bridgehead atoms. The van der Waals surface area contributed by atoms with Crippen molar-refractivity contribution in [2.24, 2.45) is 0 Å². The second-order valence-electron chi connectivity index (χ2n) is 4.62. The van der Waals surface area contributed by atoms with Crippen LogP contribution >= 0.6 is 7.60 Å². The van der Waals surface area contributed by atoms with Crippen molar-refractivity contribution in [2.75, 3.05) is 33.6 Å². The molecule has 0 aliphatic carbocycles. The summed E-state index contributed by atoms with van der Waals surface area (Å²) in [6.07, 6.45) is -1.06. The maximum absolute atomic E-state index is 11.4. The Bertz CT molecular complexity index is 310. The molecule has 0 radical (unpaired) electrons. The molecule has 1 aliphatic rings. The Hall–Kier alpha value is 0.0549. The van der Waals surface area contributed by atoms with Crippen molar-refractivity contribution in [3.63, 3.8) is 0 Å². The zero-order valence-corrected chi connectivity index (χ0v) is 12.4. The molecule has 1 heterocycles. The maximum Gasteiger partial charge on any atom is 0.325 e. The third-order valence-electron chi connectivity index (χ3n) is 2.80. The van der Waals surface area contributed by atoms with Crippen LogP contribution in [0.25, 0.3) is 0 Å². The minimum absolute atomic E-state index is 0.0290. The van der Waals surface area contributed by atoms with Gasteiger partial charge in [0, 0.05) is 27.0 Å². The number of hydrogen-bond acceptors (Lipinski definition) is 6. The first-order valence-electron chi connectivity index (χ1n) is 6.24. The van der Waals surface area contributed by atoms with Gasteiger partial charge in [-0.25, -0.2) is 0 Å². The van der Waals surface area contributed by atoms with E-state index in [4.69, 9.17) is 23.8 Å². The fourth-order valence-corrected chi connectivity index (χ4v) is 2.78. The summed E-state index contributed by atoms with van der Waals surface area (Å²) in [5.41, 5.74) is 0. The number of methoxy groups -OCH3 is 1. The molecular formula is C10H22BO7P. The molecular weight excluding hydrogens is 274 g/mol. The first kappa shape index (κ1) is 17.1. The molecule has 0 aromatic heterocycles. The highest BCUT2D eigenvalue weighted by Gasteiger charge is 2.46. The van der Waals surface area contributed by atoms with Gasteiger partial charge < -0.3 is 24.2 Å². The highest BCUT2D eigenvalue weighted by atomic mass is 31.2. The quantitative estimate of drug-likeness (QED) is 0.335. The molecule has 0 saturated carbocycles. The number of aliphatic hydroxyl groups is 1. The number of aliphatic hydroxyl groups excluding tert-OH is 1. The molecule has 9 heteroatoms. The van der Waals surface area contributed by atoms with Crippen molar-refractivity contribution < 1.29 is 33.3 Å². The van der Waals surface area contributed by atoms with Gasteiger partial charge in [0.15, 0.2) is 0 Å². The second-order valence-corrected chi connectivity index (χ2v) is 6.44. The van der Waals surface area contributed by atoms with Gasteiger partial charge in [-0.05, 0) is 6.42 Å². The van der Waals surface area contributed by atoms with Gasteiger partial charge in [0.25, 0.3) is 0 Å². The van der Waals surface area contributed by atoms with Crippen molar-refractivity contribution >= 4 is 15.4 Å². The third-order valence-corrected chi connectivity index (χ3v) is 3.44. The average Bonchev–Trinajstić information content (AvgIpc) is 2.56. The van der Waals surface area contributed by atoms with Crippen molar-refractivity contribution in [2.45, 2.75) is 30.7 Å². The van der Waals surface area contributed by atoms with Crippen molar-refractivity contribution in [3.05, 3.63) is 0 Å². The highest BCUT2D eigenvalue weighted by molar-refractivity contribution is 7.51. The molecule has 1 aliphatic heterocycles.